The summed E-state index contributed by atoms with van der Waals surface area (Å²) in [5, 5.41) is 21.3. The highest BCUT2D eigenvalue weighted by Gasteiger charge is 2.19. The number of hydrogen-bond donors (Lipinski definition) is 1. The average molecular weight is 407 g/mol. The molecule has 0 aliphatic carbocycles. The smallest absolute Gasteiger partial charge is 0.161 e. The number of hydrogen-bond acceptors (Lipinski definition) is 6. The van der Waals surface area contributed by atoms with Gasteiger partial charge < -0.3 is 5.11 Å². The molecule has 7 heteroatoms. The fraction of sp³-hybridized carbons (Fsp3) is 0.143. The zero-order valence-corrected chi connectivity index (χ0v) is 16.5. The zero-order valence-electron chi connectivity index (χ0n) is 14.9. The molecule has 0 saturated heterocycles. The molecule has 3 heterocycles. The molecule has 0 aliphatic heterocycles. The number of aliphatic hydroxyl groups excluding tert-OH is 1. The number of thiophene rings is 1. The molecule has 1 atom stereocenters. The average Bonchev–Trinajstić information content (AvgIpc) is 3.17. The molecule has 0 bridgehead atoms. The number of aryl methyl sites for hydroxylation is 1. The van der Waals surface area contributed by atoms with Crippen LogP contribution in [0.5, 0.6) is 0 Å². The molecule has 0 radical (unpaired) electrons. The zero-order chi connectivity index (χ0) is 19.7. The van der Waals surface area contributed by atoms with Crippen LogP contribution in [-0.2, 0) is 6.42 Å². The number of aromatic nitrogens is 3. The fourth-order valence-corrected chi connectivity index (χ4v) is 4.30. The summed E-state index contributed by atoms with van der Waals surface area (Å²) in [4.78, 5) is 14.9. The highest BCUT2D eigenvalue weighted by Crippen LogP contribution is 2.36. The Bertz CT molecular complexity index is 1210. The Morgan fingerprint density at radius 2 is 2.11 bits per heavy atom. The first-order chi connectivity index (χ1) is 13.6. The van der Waals surface area contributed by atoms with Crippen molar-refractivity contribution in [3.8, 4) is 17.5 Å². The van der Waals surface area contributed by atoms with Crippen molar-refractivity contribution < 1.29 is 5.11 Å². The molecule has 1 unspecified atom stereocenters. The first kappa shape index (κ1) is 18.5. The molecule has 5 nitrogen and oxygen atoms in total. The first-order valence-electron chi connectivity index (χ1n) is 8.69. The molecule has 1 N–H and O–H groups in total. The lowest BCUT2D eigenvalue weighted by molar-refractivity contribution is 0.224. The molecular weight excluding hydrogens is 392 g/mol. The summed E-state index contributed by atoms with van der Waals surface area (Å²) in [6, 6.07) is 13.0. The highest BCUT2D eigenvalue weighted by molar-refractivity contribution is 7.18. The molecule has 0 aliphatic rings. The standard InChI is InChI=1S/C21H15ClN4OS/c1-2-17-15-9-18(19(27)14-6-7-24-11-16(14)22)28-21(15)26-20(25-17)13-5-3-4-12(8-13)10-23/h3-9,11,19,27H,2H2,1H3. The number of benzene rings is 1. The Balaban J connectivity index is 1.83. The summed E-state index contributed by atoms with van der Waals surface area (Å²) >= 11 is 7.60. The predicted octanol–water partition coefficient (Wildman–Crippen LogP) is 4.92. The minimum absolute atomic E-state index is 0.420. The Hall–Kier alpha value is -2.85. The van der Waals surface area contributed by atoms with Crippen LogP contribution in [0, 0.1) is 11.3 Å². The normalized spacial score (nSPS) is 12.1. The third kappa shape index (κ3) is 3.36. The van der Waals surface area contributed by atoms with Gasteiger partial charge in [0, 0.05) is 33.8 Å². The molecular formula is C21H15ClN4OS. The second-order valence-electron chi connectivity index (χ2n) is 6.21. The SMILES string of the molecule is CCc1nc(-c2cccc(C#N)c2)nc2sc(C(O)c3ccncc3Cl)cc12. The van der Waals surface area contributed by atoms with Crippen LogP contribution in [0.25, 0.3) is 21.6 Å². The summed E-state index contributed by atoms with van der Waals surface area (Å²) in [7, 11) is 0. The monoisotopic (exact) mass is 406 g/mol. The lowest BCUT2D eigenvalue weighted by atomic mass is 10.1. The maximum absolute atomic E-state index is 10.8. The fourth-order valence-electron chi connectivity index (χ4n) is 3.02. The van der Waals surface area contributed by atoms with Crippen LogP contribution in [0.15, 0.2) is 48.8 Å². The lowest BCUT2D eigenvalue weighted by Crippen LogP contribution is -1.98. The van der Waals surface area contributed by atoms with E-state index in [9.17, 15) is 5.11 Å². The van der Waals surface area contributed by atoms with Gasteiger partial charge in [0.05, 0.1) is 22.3 Å². The van der Waals surface area contributed by atoms with Crippen molar-refractivity contribution in [2.45, 2.75) is 19.4 Å². The Morgan fingerprint density at radius 1 is 1.25 bits per heavy atom. The van der Waals surface area contributed by atoms with E-state index in [-0.39, 0.29) is 0 Å². The van der Waals surface area contributed by atoms with E-state index in [4.69, 9.17) is 26.8 Å². The largest absolute Gasteiger partial charge is 0.383 e. The third-order valence-electron chi connectivity index (χ3n) is 4.44. The van der Waals surface area contributed by atoms with E-state index in [0.717, 1.165) is 32.8 Å². The van der Waals surface area contributed by atoms with Crippen molar-refractivity contribution in [2.24, 2.45) is 0 Å². The van der Waals surface area contributed by atoms with Crippen LogP contribution in [0.3, 0.4) is 0 Å². The predicted molar refractivity (Wildman–Crippen MR) is 110 cm³/mol. The number of pyridine rings is 1. The van der Waals surface area contributed by atoms with E-state index >= 15 is 0 Å². The van der Waals surface area contributed by atoms with Gasteiger partial charge in [0.2, 0.25) is 0 Å². The molecule has 1 aromatic carbocycles. The number of nitrogens with zero attached hydrogens (tertiary/aromatic N) is 4. The molecule has 28 heavy (non-hydrogen) atoms. The van der Waals surface area contributed by atoms with Gasteiger partial charge in [-0.15, -0.1) is 11.3 Å². The maximum atomic E-state index is 10.8. The number of rotatable bonds is 4. The second-order valence-corrected chi connectivity index (χ2v) is 7.68. The van der Waals surface area contributed by atoms with E-state index in [1.165, 1.54) is 17.5 Å². The first-order valence-corrected chi connectivity index (χ1v) is 9.88. The molecule has 4 aromatic rings. The minimum atomic E-state index is -0.857. The molecule has 0 spiro atoms. The molecule has 0 amide bonds. The van der Waals surface area contributed by atoms with Gasteiger partial charge in [0.15, 0.2) is 5.82 Å². The Morgan fingerprint density at radius 3 is 2.86 bits per heavy atom. The summed E-state index contributed by atoms with van der Waals surface area (Å²) < 4.78 is 0. The van der Waals surface area contributed by atoms with E-state index in [1.54, 1.807) is 24.4 Å². The molecule has 0 fully saturated rings. The van der Waals surface area contributed by atoms with E-state index in [2.05, 4.69) is 11.1 Å². The number of aliphatic hydroxyl groups is 1. The van der Waals surface area contributed by atoms with E-state index in [1.807, 2.05) is 25.1 Å². The summed E-state index contributed by atoms with van der Waals surface area (Å²) in [5.74, 6) is 0.575. The maximum Gasteiger partial charge on any atom is 0.161 e. The van der Waals surface area contributed by atoms with Gasteiger partial charge in [-0.2, -0.15) is 5.26 Å². The Kier molecular flexibility index (Phi) is 5.05. The van der Waals surface area contributed by atoms with Gasteiger partial charge in [-0.3, -0.25) is 4.98 Å². The van der Waals surface area contributed by atoms with Crippen molar-refractivity contribution in [3.63, 3.8) is 0 Å². The van der Waals surface area contributed by atoms with Crippen molar-refractivity contribution in [1.82, 2.24) is 15.0 Å². The van der Waals surface area contributed by atoms with Gasteiger partial charge in [-0.05, 0) is 30.7 Å². The molecule has 3 aromatic heterocycles. The summed E-state index contributed by atoms with van der Waals surface area (Å²) in [6.45, 7) is 2.03. The van der Waals surface area contributed by atoms with Gasteiger partial charge in [-0.25, -0.2) is 9.97 Å². The van der Waals surface area contributed by atoms with Crippen molar-refractivity contribution >= 4 is 33.2 Å². The van der Waals surface area contributed by atoms with Crippen molar-refractivity contribution in [2.75, 3.05) is 0 Å². The number of nitriles is 1. The van der Waals surface area contributed by atoms with Crippen LogP contribution in [0.1, 0.15) is 34.7 Å². The van der Waals surface area contributed by atoms with E-state index < -0.39 is 6.10 Å². The highest BCUT2D eigenvalue weighted by atomic mass is 35.5. The van der Waals surface area contributed by atoms with Crippen LogP contribution in [-0.4, -0.2) is 20.1 Å². The molecule has 138 valence electrons. The summed E-state index contributed by atoms with van der Waals surface area (Å²) in [5.41, 5.74) is 2.87. The third-order valence-corrected chi connectivity index (χ3v) is 5.84. The van der Waals surface area contributed by atoms with Gasteiger partial charge in [0.25, 0.3) is 0 Å². The van der Waals surface area contributed by atoms with Crippen molar-refractivity contribution in [1.29, 1.82) is 5.26 Å². The molecule has 4 rings (SSSR count). The van der Waals surface area contributed by atoms with Crippen LogP contribution < -0.4 is 0 Å². The van der Waals surface area contributed by atoms with Crippen LogP contribution >= 0.6 is 22.9 Å². The van der Waals surface area contributed by atoms with Crippen LogP contribution in [0.2, 0.25) is 5.02 Å². The quantitative estimate of drug-likeness (QED) is 0.520. The number of halogens is 1. The van der Waals surface area contributed by atoms with Gasteiger partial charge in [0.1, 0.15) is 10.9 Å². The topological polar surface area (TPSA) is 82.7 Å². The van der Waals surface area contributed by atoms with E-state index in [0.29, 0.717) is 22.0 Å². The van der Waals surface area contributed by atoms with Gasteiger partial charge >= 0.3 is 0 Å². The summed E-state index contributed by atoms with van der Waals surface area (Å²) in [6.07, 6.45) is 3.00. The second kappa shape index (κ2) is 7.64. The van der Waals surface area contributed by atoms with Crippen molar-refractivity contribution in [3.05, 3.63) is 75.5 Å². The number of fused-ring (bicyclic) bond motifs is 1. The Labute approximate surface area is 170 Å². The molecule has 0 saturated carbocycles. The van der Waals surface area contributed by atoms with Crippen LogP contribution in [0.4, 0.5) is 0 Å². The minimum Gasteiger partial charge on any atom is -0.383 e. The lowest BCUT2D eigenvalue weighted by Gasteiger charge is -2.09. The van der Waals surface area contributed by atoms with Gasteiger partial charge in [-0.1, -0.05) is 30.7 Å².